The van der Waals surface area contributed by atoms with E-state index in [-0.39, 0.29) is 18.0 Å². The molecule has 1 saturated carbocycles. The largest absolute Gasteiger partial charge is 0.474 e. The normalized spacial score (nSPS) is 22.6. The Morgan fingerprint density at radius 2 is 1.83 bits per heavy atom. The molecule has 1 fully saturated rings. The van der Waals surface area contributed by atoms with Gasteiger partial charge in [-0.15, -0.1) is 0 Å². The fraction of sp³-hybridized carbons (Fsp3) is 0.643. The average molecular weight is 367 g/mol. The summed E-state index contributed by atoms with van der Waals surface area (Å²) in [5, 5.41) is 0. The highest BCUT2D eigenvalue weighted by atomic mass is 32.2. The highest BCUT2D eigenvalue weighted by Gasteiger charge is 2.31. The van der Waals surface area contributed by atoms with Crippen LogP contribution in [0.2, 0.25) is 0 Å². The van der Waals surface area contributed by atoms with Crippen LogP contribution in [0.15, 0.2) is 18.3 Å². The highest BCUT2D eigenvalue weighted by molar-refractivity contribution is 7.87. The zero-order valence-electron chi connectivity index (χ0n) is 13.4. The van der Waals surface area contributed by atoms with Gasteiger partial charge in [-0.05, 0) is 31.7 Å². The predicted molar refractivity (Wildman–Crippen MR) is 81.7 cm³/mol. The Labute approximate surface area is 139 Å². The monoisotopic (exact) mass is 367 g/mol. The highest BCUT2D eigenvalue weighted by Crippen LogP contribution is 2.30. The Hall–Kier alpha value is -1.39. The molecule has 1 aliphatic rings. The fourth-order valence-electron chi connectivity index (χ4n) is 2.40. The summed E-state index contributed by atoms with van der Waals surface area (Å²) in [5.41, 5.74) is -0.823. The van der Waals surface area contributed by atoms with E-state index < -0.39 is 21.9 Å². The van der Waals surface area contributed by atoms with Gasteiger partial charge >= 0.3 is 6.18 Å². The van der Waals surface area contributed by atoms with Crippen LogP contribution < -0.4 is 9.46 Å². The van der Waals surface area contributed by atoms with Gasteiger partial charge < -0.3 is 4.74 Å². The van der Waals surface area contributed by atoms with E-state index in [2.05, 4.69) is 9.71 Å². The third-order valence-corrected chi connectivity index (χ3v) is 5.41. The molecule has 2 rings (SSSR count). The molecular weight excluding hydrogens is 347 g/mol. The van der Waals surface area contributed by atoms with Gasteiger partial charge in [-0.1, -0.05) is 0 Å². The van der Waals surface area contributed by atoms with E-state index >= 15 is 0 Å². The van der Waals surface area contributed by atoms with E-state index in [1.807, 2.05) is 0 Å². The van der Waals surface area contributed by atoms with Crippen LogP contribution in [0.5, 0.6) is 5.88 Å². The number of nitrogens with zero attached hydrogens (tertiary/aromatic N) is 2. The molecule has 0 aliphatic heterocycles. The van der Waals surface area contributed by atoms with E-state index in [1.165, 1.54) is 20.2 Å². The van der Waals surface area contributed by atoms with Gasteiger partial charge in [0.1, 0.15) is 6.10 Å². The van der Waals surface area contributed by atoms with Crippen molar-refractivity contribution in [3.8, 4) is 5.88 Å². The first kappa shape index (κ1) is 18.9. The van der Waals surface area contributed by atoms with Crippen LogP contribution in [0.25, 0.3) is 0 Å². The van der Waals surface area contributed by atoms with Crippen LogP contribution in [0.1, 0.15) is 31.2 Å². The molecule has 6 nitrogen and oxygen atoms in total. The van der Waals surface area contributed by atoms with Gasteiger partial charge in [0, 0.05) is 32.4 Å². The Kier molecular flexibility index (Phi) is 5.71. The summed E-state index contributed by atoms with van der Waals surface area (Å²) >= 11 is 0. The number of rotatable bonds is 5. The molecule has 0 amide bonds. The molecule has 10 heteroatoms. The lowest BCUT2D eigenvalue weighted by Crippen LogP contribution is -2.44. The van der Waals surface area contributed by atoms with Crippen molar-refractivity contribution >= 4 is 10.2 Å². The Morgan fingerprint density at radius 1 is 1.21 bits per heavy atom. The van der Waals surface area contributed by atoms with Crippen molar-refractivity contribution in [3.05, 3.63) is 23.9 Å². The van der Waals surface area contributed by atoms with Crippen molar-refractivity contribution in [3.63, 3.8) is 0 Å². The van der Waals surface area contributed by atoms with E-state index in [1.54, 1.807) is 0 Å². The van der Waals surface area contributed by atoms with Crippen LogP contribution in [0.3, 0.4) is 0 Å². The van der Waals surface area contributed by atoms with Crippen molar-refractivity contribution in [2.75, 3.05) is 14.1 Å². The van der Waals surface area contributed by atoms with Gasteiger partial charge in [0.15, 0.2) is 0 Å². The number of alkyl halides is 3. The molecule has 1 heterocycles. The smallest absolute Gasteiger partial charge is 0.417 e. The van der Waals surface area contributed by atoms with Crippen molar-refractivity contribution in [2.45, 2.75) is 44.0 Å². The zero-order chi connectivity index (χ0) is 18.0. The SMILES string of the molecule is CN(C)S(=O)(=O)NC1CCC(Oc2ccc(C(F)(F)F)cn2)CC1. The molecule has 24 heavy (non-hydrogen) atoms. The Morgan fingerprint density at radius 3 is 2.29 bits per heavy atom. The van der Waals surface area contributed by atoms with Crippen molar-refractivity contribution in [1.29, 1.82) is 0 Å². The molecule has 0 spiro atoms. The standard InChI is InChI=1S/C14H20F3N3O3S/c1-20(2)24(21,22)19-11-4-6-12(7-5-11)23-13-8-3-10(9-18-13)14(15,16)17/h3,8-9,11-12,19H,4-7H2,1-2H3. The second-order valence-electron chi connectivity index (χ2n) is 5.88. The Bertz CT molecular complexity index is 639. The minimum absolute atomic E-state index is 0.139. The fourth-order valence-corrected chi connectivity index (χ4v) is 3.27. The quantitative estimate of drug-likeness (QED) is 0.866. The summed E-state index contributed by atoms with van der Waals surface area (Å²) in [4.78, 5) is 3.68. The molecule has 0 atom stereocenters. The third-order valence-electron chi connectivity index (χ3n) is 3.82. The molecule has 0 bridgehead atoms. The molecule has 1 N–H and O–H groups in total. The average Bonchev–Trinajstić information content (AvgIpc) is 2.48. The van der Waals surface area contributed by atoms with Crippen LogP contribution >= 0.6 is 0 Å². The van der Waals surface area contributed by atoms with Crippen molar-refractivity contribution in [1.82, 2.24) is 14.0 Å². The Balaban J connectivity index is 1.85. The summed E-state index contributed by atoms with van der Waals surface area (Å²) in [7, 11) is -0.566. The summed E-state index contributed by atoms with van der Waals surface area (Å²) in [5.74, 6) is 0.139. The second-order valence-corrected chi connectivity index (χ2v) is 7.80. The van der Waals surface area contributed by atoms with E-state index in [0.29, 0.717) is 25.7 Å². The van der Waals surface area contributed by atoms with Crippen LogP contribution in [-0.4, -0.2) is 43.9 Å². The van der Waals surface area contributed by atoms with E-state index in [0.717, 1.165) is 16.6 Å². The minimum atomic E-state index is -4.42. The molecule has 1 aromatic heterocycles. The van der Waals surface area contributed by atoms with E-state index in [9.17, 15) is 21.6 Å². The third kappa shape index (κ3) is 5.05. The number of hydrogen-bond acceptors (Lipinski definition) is 4. The summed E-state index contributed by atoms with van der Waals surface area (Å²) in [6.45, 7) is 0. The van der Waals surface area contributed by atoms with Gasteiger partial charge in [0.2, 0.25) is 5.88 Å². The first-order chi connectivity index (χ1) is 11.1. The van der Waals surface area contributed by atoms with Crippen molar-refractivity contribution < 1.29 is 26.3 Å². The molecular formula is C14H20F3N3O3S. The van der Waals surface area contributed by atoms with Crippen LogP contribution in [0, 0.1) is 0 Å². The maximum atomic E-state index is 12.5. The van der Waals surface area contributed by atoms with Gasteiger partial charge in [0.25, 0.3) is 10.2 Å². The minimum Gasteiger partial charge on any atom is -0.474 e. The summed E-state index contributed by atoms with van der Waals surface area (Å²) in [6.07, 6.45) is -1.47. The first-order valence-corrected chi connectivity index (χ1v) is 8.91. The molecule has 136 valence electrons. The van der Waals surface area contributed by atoms with Crippen LogP contribution in [-0.2, 0) is 16.4 Å². The van der Waals surface area contributed by atoms with Crippen molar-refractivity contribution in [2.24, 2.45) is 0 Å². The molecule has 0 saturated heterocycles. The number of halogens is 3. The summed E-state index contributed by atoms with van der Waals surface area (Å²) in [6, 6.07) is 1.96. The molecule has 0 unspecified atom stereocenters. The lowest BCUT2D eigenvalue weighted by atomic mass is 9.94. The van der Waals surface area contributed by atoms with Crippen LogP contribution in [0.4, 0.5) is 13.2 Å². The maximum Gasteiger partial charge on any atom is 0.417 e. The first-order valence-electron chi connectivity index (χ1n) is 7.47. The number of pyridine rings is 1. The molecule has 0 aromatic carbocycles. The molecule has 1 aromatic rings. The van der Waals surface area contributed by atoms with Gasteiger partial charge in [0.05, 0.1) is 5.56 Å². The molecule has 0 radical (unpaired) electrons. The maximum absolute atomic E-state index is 12.5. The van der Waals surface area contributed by atoms with Gasteiger partial charge in [-0.2, -0.15) is 30.6 Å². The number of ether oxygens (including phenoxy) is 1. The number of aromatic nitrogens is 1. The second kappa shape index (κ2) is 7.24. The predicted octanol–water partition coefficient (Wildman–Crippen LogP) is 2.19. The zero-order valence-corrected chi connectivity index (χ0v) is 14.2. The summed E-state index contributed by atoms with van der Waals surface area (Å²) < 4.78 is 70.3. The van der Waals surface area contributed by atoms with Gasteiger partial charge in [-0.25, -0.2) is 4.98 Å². The number of nitrogens with one attached hydrogen (secondary N) is 1. The lowest BCUT2D eigenvalue weighted by Gasteiger charge is -2.29. The van der Waals surface area contributed by atoms with Gasteiger partial charge in [-0.3, -0.25) is 0 Å². The number of hydrogen-bond donors (Lipinski definition) is 1. The molecule has 1 aliphatic carbocycles. The lowest BCUT2D eigenvalue weighted by molar-refractivity contribution is -0.137. The van der Waals surface area contributed by atoms with E-state index in [4.69, 9.17) is 4.74 Å². The topological polar surface area (TPSA) is 71.5 Å².